The molecular formula is C14H14O2. The summed E-state index contributed by atoms with van der Waals surface area (Å²) in [6.07, 6.45) is 0. The zero-order valence-electron chi connectivity index (χ0n) is 12.0. The maximum atomic E-state index is 7.75. The van der Waals surface area contributed by atoms with E-state index in [9.17, 15) is 0 Å². The predicted molar refractivity (Wildman–Crippen MR) is 63.8 cm³/mol. The van der Waals surface area contributed by atoms with Crippen LogP contribution in [0.3, 0.4) is 0 Å². The predicted octanol–water partition coefficient (Wildman–Crippen LogP) is 3.27. The molecule has 16 heavy (non-hydrogen) atoms. The third kappa shape index (κ3) is 2.54. The van der Waals surface area contributed by atoms with Crippen molar-refractivity contribution in [3.8, 4) is 11.5 Å². The highest BCUT2D eigenvalue weighted by atomic mass is 16.5. The largest absolute Gasteiger partial charge is 0.493 e. The van der Waals surface area contributed by atoms with E-state index in [-0.39, 0.29) is 23.9 Å². The molecule has 0 amide bonds. The molecule has 0 unspecified atom stereocenters. The highest BCUT2D eigenvalue weighted by Crippen LogP contribution is 2.26. The standard InChI is InChI=1S/C14H14O2/c1-15-13-9-5-6-10-14(13)16-11-12-7-3-2-4-8-12/h2-10H,11H2,1H3/i5D,6D,9D. The molecule has 0 aliphatic rings. The van der Waals surface area contributed by atoms with Gasteiger partial charge in [0, 0.05) is 0 Å². The first-order valence-electron chi connectivity index (χ1n) is 6.45. The molecule has 0 aliphatic heterocycles. The Kier molecular flexibility index (Phi) is 2.39. The Hall–Kier alpha value is -1.96. The molecule has 2 aromatic rings. The van der Waals surface area contributed by atoms with Crippen LogP contribution < -0.4 is 9.47 Å². The summed E-state index contributed by atoms with van der Waals surface area (Å²) < 4.78 is 33.6. The lowest BCUT2D eigenvalue weighted by Gasteiger charge is -2.09. The van der Waals surface area contributed by atoms with Crippen molar-refractivity contribution in [2.75, 3.05) is 7.11 Å². The van der Waals surface area contributed by atoms with Crippen LogP contribution in [0.2, 0.25) is 0 Å². The van der Waals surface area contributed by atoms with E-state index in [1.54, 1.807) is 0 Å². The Morgan fingerprint density at radius 2 is 1.88 bits per heavy atom. The smallest absolute Gasteiger partial charge is 0.161 e. The van der Waals surface area contributed by atoms with Crippen LogP contribution in [-0.2, 0) is 6.61 Å². The Morgan fingerprint density at radius 3 is 2.62 bits per heavy atom. The van der Waals surface area contributed by atoms with Crippen LogP contribution in [0.25, 0.3) is 0 Å². The van der Waals surface area contributed by atoms with E-state index in [1.807, 2.05) is 30.3 Å². The van der Waals surface area contributed by atoms with Gasteiger partial charge in [0.05, 0.1) is 11.2 Å². The molecule has 0 radical (unpaired) electrons. The second-order valence-electron chi connectivity index (χ2n) is 3.21. The molecule has 0 spiro atoms. The molecular weight excluding hydrogens is 200 g/mol. The first-order chi connectivity index (χ1) is 9.13. The Bertz CT molecular complexity index is 571. The molecule has 2 aromatic carbocycles. The van der Waals surface area contributed by atoms with Crippen molar-refractivity contribution < 1.29 is 13.6 Å². The summed E-state index contributed by atoms with van der Waals surface area (Å²) in [7, 11) is 1.42. The molecule has 0 saturated carbocycles. The van der Waals surface area contributed by atoms with Crippen LogP contribution >= 0.6 is 0 Å². The second kappa shape index (κ2) is 5.21. The second-order valence-corrected chi connectivity index (χ2v) is 3.21. The van der Waals surface area contributed by atoms with Crippen molar-refractivity contribution in [2.45, 2.75) is 6.61 Å². The van der Waals surface area contributed by atoms with Crippen molar-refractivity contribution in [2.24, 2.45) is 0 Å². The van der Waals surface area contributed by atoms with Gasteiger partial charge in [-0.25, -0.2) is 0 Å². The van der Waals surface area contributed by atoms with Gasteiger partial charge in [-0.2, -0.15) is 0 Å². The molecule has 2 rings (SSSR count). The minimum absolute atomic E-state index is 0.0474. The minimum atomic E-state index is -0.163. The van der Waals surface area contributed by atoms with E-state index in [1.165, 1.54) is 13.2 Å². The van der Waals surface area contributed by atoms with Gasteiger partial charge in [0.1, 0.15) is 6.61 Å². The van der Waals surface area contributed by atoms with Crippen LogP contribution in [0, 0.1) is 0 Å². The van der Waals surface area contributed by atoms with E-state index in [0.717, 1.165) is 5.56 Å². The number of para-hydroxylation sites is 2. The highest BCUT2D eigenvalue weighted by Gasteiger charge is 2.02. The van der Waals surface area contributed by atoms with Gasteiger partial charge < -0.3 is 9.47 Å². The molecule has 0 N–H and O–H groups in total. The van der Waals surface area contributed by atoms with Gasteiger partial charge >= 0.3 is 0 Å². The van der Waals surface area contributed by atoms with Crippen LogP contribution in [-0.4, -0.2) is 7.11 Å². The van der Waals surface area contributed by atoms with Crippen LogP contribution in [0.5, 0.6) is 11.5 Å². The molecule has 0 fully saturated rings. The number of methoxy groups -OCH3 is 1. The van der Waals surface area contributed by atoms with E-state index >= 15 is 0 Å². The summed E-state index contributed by atoms with van der Waals surface area (Å²) in [5, 5.41) is 0. The molecule has 0 bridgehead atoms. The lowest BCUT2D eigenvalue weighted by atomic mass is 10.2. The Labute approximate surface area is 99.7 Å². The van der Waals surface area contributed by atoms with Gasteiger partial charge in [-0.05, 0) is 17.7 Å². The van der Waals surface area contributed by atoms with Gasteiger partial charge in [0.15, 0.2) is 11.5 Å². The summed E-state index contributed by atoms with van der Waals surface area (Å²) in [4.78, 5) is 0. The van der Waals surface area contributed by atoms with E-state index in [4.69, 9.17) is 13.6 Å². The molecule has 0 aliphatic carbocycles. The first-order valence-corrected chi connectivity index (χ1v) is 4.95. The Balaban J connectivity index is 2.25. The average molecular weight is 217 g/mol. The lowest BCUT2D eigenvalue weighted by Crippen LogP contribution is -1.96. The molecule has 0 atom stereocenters. The number of benzene rings is 2. The zero-order chi connectivity index (χ0) is 13.8. The number of hydrogen-bond donors (Lipinski definition) is 0. The normalized spacial score (nSPS) is 12.4. The molecule has 0 saturated heterocycles. The first kappa shape index (κ1) is 7.34. The van der Waals surface area contributed by atoms with Gasteiger partial charge in [0.25, 0.3) is 0 Å². The van der Waals surface area contributed by atoms with Crippen molar-refractivity contribution in [3.63, 3.8) is 0 Å². The third-order valence-corrected chi connectivity index (χ3v) is 2.12. The molecule has 2 nitrogen and oxygen atoms in total. The summed E-state index contributed by atoms with van der Waals surface area (Å²) >= 11 is 0. The minimum Gasteiger partial charge on any atom is -0.493 e. The van der Waals surface area contributed by atoms with E-state index in [2.05, 4.69) is 0 Å². The maximum absolute atomic E-state index is 7.75. The summed E-state index contributed by atoms with van der Waals surface area (Å²) in [6, 6.07) is 10.7. The van der Waals surface area contributed by atoms with Gasteiger partial charge in [-0.1, -0.05) is 42.4 Å². The quantitative estimate of drug-likeness (QED) is 0.782. The fraction of sp³-hybridized carbons (Fsp3) is 0.143. The van der Waals surface area contributed by atoms with Crippen LogP contribution in [0.15, 0.2) is 54.5 Å². The highest BCUT2D eigenvalue weighted by molar-refractivity contribution is 5.39. The van der Waals surface area contributed by atoms with Crippen molar-refractivity contribution >= 4 is 0 Å². The number of ether oxygens (including phenoxy) is 2. The van der Waals surface area contributed by atoms with E-state index < -0.39 is 0 Å². The monoisotopic (exact) mass is 217 g/mol. The summed E-state index contributed by atoms with van der Waals surface area (Å²) in [6.45, 7) is 0.327. The topological polar surface area (TPSA) is 18.5 Å². The number of rotatable bonds is 4. The SMILES string of the molecule is [2H]c1cc(OCc2ccccc2)c(OC)c([2H])c1[2H]. The number of hydrogen-bond acceptors (Lipinski definition) is 2. The van der Waals surface area contributed by atoms with Crippen LogP contribution in [0.1, 0.15) is 9.68 Å². The van der Waals surface area contributed by atoms with Crippen molar-refractivity contribution in [1.82, 2.24) is 0 Å². The lowest BCUT2D eigenvalue weighted by molar-refractivity contribution is 0.284. The van der Waals surface area contributed by atoms with Gasteiger partial charge in [-0.3, -0.25) is 0 Å². The molecule has 2 heteroatoms. The molecule has 0 heterocycles. The Morgan fingerprint density at radius 1 is 1.06 bits per heavy atom. The van der Waals surface area contributed by atoms with E-state index in [0.29, 0.717) is 12.4 Å². The summed E-state index contributed by atoms with van der Waals surface area (Å²) in [5.41, 5.74) is 0.984. The van der Waals surface area contributed by atoms with Crippen LogP contribution in [0.4, 0.5) is 0 Å². The van der Waals surface area contributed by atoms with Gasteiger partial charge in [0.2, 0.25) is 0 Å². The molecule has 82 valence electrons. The fourth-order valence-corrected chi connectivity index (χ4v) is 1.32. The zero-order valence-corrected chi connectivity index (χ0v) is 8.99. The maximum Gasteiger partial charge on any atom is 0.161 e. The van der Waals surface area contributed by atoms with Gasteiger partial charge in [-0.15, -0.1) is 0 Å². The fourth-order valence-electron chi connectivity index (χ4n) is 1.32. The van der Waals surface area contributed by atoms with Crippen molar-refractivity contribution in [1.29, 1.82) is 0 Å². The third-order valence-electron chi connectivity index (χ3n) is 2.12. The van der Waals surface area contributed by atoms with Crippen molar-refractivity contribution in [3.05, 3.63) is 60.1 Å². The average Bonchev–Trinajstić information content (AvgIpc) is 2.44. The molecule has 0 aromatic heterocycles. The summed E-state index contributed by atoms with van der Waals surface area (Å²) in [5.74, 6) is 0.509.